The summed E-state index contributed by atoms with van der Waals surface area (Å²) in [6.07, 6.45) is 0. The molecule has 31 heavy (non-hydrogen) atoms. The molecule has 0 saturated heterocycles. The molecule has 1 aromatic carbocycles. The number of amides is 1. The van der Waals surface area contributed by atoms with E-state index in [9.17, 15) is 4.79 Å². The third-order valence-electron chi connectivity index (χ3n) is 4.59. The zero-order valence-corrected chi connectivity index (χ0v) is 20.6. The van der Waals surface area contributed by atoms with Crippen LogP contribution >= 0.6 is 46.0 Å². The molecule has 0 atom stereocenters. The lowest BCUT2D eigenvalue weighted by Crippen LogP contribution is -2.24. The van der Waals surface area contributed by atoms with Crippen molar-refractivity contribution in [2.24, 2.45) is 7.05 Å². The summed E-state index contributed by atoms with van der Waals surface area (Å²) < 4.78 is 1.99. The van der Waals surface area contributed by atoms with Gasteiger partial charge in [-0.05, 0) is 42.5 Å². The van der Waals surface area contributed by atoms with E-state index in [-0.39, 0.29) is 5.91 Å². The molecule has 0 bridgehead atoms. The summed E-state index contributed by atoms with van der Waals surface area (Å²) in [5.41, 5.74) is 3.54. The maximum absolute atomic E-state index is 12.5. The lowest BCUT2D eigenvalue weighted by Gasteiger charge is -2.22. The van der Waals surface area contributed by atoms with Gasteiger partial charge in [-0.1, -0.05) is 35.5 Å². The first-order valence-electron chi connectivity index (χ1n) is 9.43. The number of hydrogen-bond donors (Lipinski definition) is 0. The van der Waals surface area contributed by atoms with Crippen molar-refractivity contribution in [3.05, 3.63) is 56.9 Å². The SMILES string of the molecule is CC(=O)N(c1nc(CSc2nnc(-c3cccs3)n2C)cs1)c1c(C)cc(C)cc1Cl. The standard InChI is InChI=1S/C21H20ClN5OS3/c1-12-8-13(2)18(16(22)9-12)27(14(3)28)20-23-15(10-30-20)11-31-21-25-24-19(26(21)4)17-6-5-7-29-17/h5-10H,11H2,1-4H3. The van der Waals surface area contributed by atoms with Crippen molar-refractivity contribution in [3.8, 4) is 10.7 Å². The zero-order chi connectivity index (χ0) is 22.1. The van der Waals surface area contributed by atoms with E-state index in [1.54, 1.807) is 28.0 Å². The van der Waals surface area contributed by atoms with Crippen LogP contribution in [0, 0.1) is 13.8 Å². The monoisotopic (exact) mass is 489 g/mol. The van der Waals surface area contributed by atoms with E-state index in [0.717, 1.165) is 32.7 Å². The lowest BCUT2D eigenvalue weighted by molar-refractivity contribution is -0.115. The summed E-state index contributed by atoms with van der Waals surface area (Å²) in [4.78, 5) is 19.9. The van der Waals surface area contributed by atoms with Gasteiger partial charge in [0, 0.05) is 25.1 Å². The second kappa shape index (κ2) is 9.12. The average Bonchev–Trinajstić information content (AvgIpc) is 3.44. The Hall–Kier alpha value is -2.20. The molecule has 0 aliphatic carbocycles. The van der Waals surface area contributed by atoms with Crippen molar-refractivity contribution in [2.75, 3.05) is 4.90 Å². The molecule has 6 nitrogen and oxygen atoms in total. The van der Waals surface area contributed by atoms with E-state index < -0.39 is 0 Å². The van der Waals surface area contributed by atoms with Crippen LogP contribution in [0.25, 0.3) is 10.7 Å². The van der Waals surface area contributed by atoms with Gasteiger partial charge in [-0.25, -0.2) is 4.98 Å². The van der Waals surface area contributed by atoms with Crippen LogP contribution in [0.2, 0.25) is 5.02 Å². The highest BCUT2D eigenvalue weighted by Crippen LogP contribution is 2.38. The minimum Gasteiger partial charge on any atom is -0.304 e. The smallest absolute Gasteiger partial charge is 0.230 e. The lowest BCUT2D eigenvalue weighted by atomic mass is 10.1. The first-order chi connectivity index (χ1) is 14.8. The second-order valence-electron chi connectivity index (χ2n) is 7.02. The molecular formula is C21H20ClN5OS3. The number of thiophene rings is 1. The molecule has 160 valence electrons. The van der Waals surface area contributed by atoms with Crippen LogP contribution in [-0.2, 0) is 17.6 Å². The Morgan fingerprint density at radius 2 is 2.06 bits per heavy atom. The number of rotatable bonds is 6. The van der Waals surface area contributed by atoms with Crippen LogP contribution in [0.15, 0.2) is 40.2 Å². The molecule has 3 heterocycles. The van der Waals surface area contributed by atoms with Crippen LogP contribution < -0.4 is 4.90 Å². The molecule has 3 aromatic heterocycles. The van der Waals surface area contributed by atoms with E-state index in [2.05, 4.69) is 10.2 Å². The van der Waals surface area contributed by atoms with Crippen LogP contribution in [0.1, 0.15) is 23.7 Å². The number of benzene rings is 1. The number of anilines is 2. The van der Waals surface area contributed by atoms with E-state index >= 15 is 0 Å². The second-order valence-corrected chi connectivity index (χ2v) is 10.2. The molecule has 0 saturated carbocycles. The molecule has 0 fully saturated rings. The summed E-state index contributed by atoms with van der Waals surface area (Å²) in [6, 6.07) is 7.91. The minimum absolute atomic E-state index is 0.128. The topological polar surface area (TPSA) is 63.9 Å². The van der Waals surface area contributed by atoms with Crippen molar-refractivity contribution in [3.63, 3.8) is 0 Å². The molecule has 0 radical (unpaired) electrons. The van der Waals surface area contributed by atoms with Crippen molar-refractivity contribution in [2.45, 2.75) is 31.7 Å². The molecule has 0 N–H and O–H groups in total. The number of thioether (sulfide) groups is 1. The molecule has 1 amide bonds. The van der Waals surface area contributed by atoms with Gasteiger partial charge in [0.15, 0.2) is 16.1 Å². The van der Waals surface area contributed by atoms with Crippen LogP contribution in [0.3, 0.4) is 0 Å². The van der Waals surface area contributed by atoms with Gasteiger partial charge in [0.2, 0.25) is 5.91 Å². The summed E-state index contributed by atoms with van der Waals surface area (Å²) in [5.74, 6) is 1.35. The Morgan fingerprint density at radius 3 is 2.74 bits per heavy atom. The zero-order valence-electron chi connectivity index (χ0n) is 17.4. The molecule has 4 aromatic rings. The molecule has 0 aliphatic heterocycles. The van der Waals surface area contributed by atoms with Crippen LogP contribution in [0.4, 0.5) is 10.8 Å². The van der Waals surface area contributed by atoms with E-state index in [4.69, 9.17) is 16.6 Å². The van der Waals surface area contributed by atoms with Gasteiger partial charge >= 0.3 is 0 Å². The number of halogens is 1. The van der Waals surface area contributed by atoms with E-state index in [1.165, 1.54) is 18.3 Å². The average molecular weight is 490 g/mol. The van der Waals surface area contributed by atoms with E-state index in [1.807, 2.05) is 60.5 Å². The molecular weight excluding hydrogens is 470 g/mol. The summed E-state index contributed by atoms with van der Waals surface area (Å²) in [5, 5.41) is 14.6. The van der Waals surface area contributed by atoms with Gasteiger partial charge in [0.05, 0.1) is 21.3 Å². The Bertz CT molecular complexity index is 1210. The summed E-state index contributed by atoms with van der Waals surface area (Å²) >= 11 is 11.1. The number of carbonyl (C=O) groups excluding carboxylic acids is 1. The van der Waals surface area contributed by atoms with Gasteiger partial charge in [-0.3, -0.25) is 9.69 Å². The number of hydrogen-bond acceptors (Lipinski definition) is 7. The molecule has 10 heteroatoms. The highest BCUT2D eigenvalue weighted by atomic mass is 35.5. The summed E-state index contributed by atoms with van der Waals surface area (Å²) in [7, 11) is 1.96. The van der Waals surface area contributed by atoms with Crippen molar-refractivity contribution >= 4 is 62.8 Å². The first-order valence-corrected chi connectivity index (χ1v) is 12.6. The van der Waals surface area contributed by atoms with Gasteiger partial charge < -0.3 is 4.57 Å². The number of aromatic nitrogens is 4. The van der Waals surface area contributed by atoms with Crippen molar-refractivity contribution in [1.29, 1.82) is 0 Å². The highest BCUT2D eigenvalue weighted by Gasteiger charge is 2.23. The largest absolute Gasteiger partial charge is 0.304 e. The molecule has 4 rings (SSSR count). The van der Waals surface area contributed by atoms with Crippen molar-refractivity contribution < 1.29 is 4.79 Å². The highest BCUT2D eigenvalue weighted by molar-refractivity contribution is 7.98. The van der Waals surface area contributed by atoms with Gasteiger partial charge in [-0.15, -0.1) is 32.9 Å². The maximum Gasteiger partial charge on any atom is 0.230 e. The molecule has 0 unspecified atom stereocenters. The minimum atomic E-state index is -0.128. The number of carbonyl (C=O) groups is 1. The van der Waals surface area contributed by atoms with E-state index in [0.29, 0.717) is 21.6 Å². The number of nitrogens with zero attached hydrogens (tertiary/aromatic N) is 5. The first kappa shape index (κ1) is 22.0. The fourth-order valence-corrected chi connectivity index (χ4v) is 6.18. The van der Waals surface area contributed by atoms with Crippen molar-refractivity contribution in [1.82, 2.24) is 19.7 Å². The maximum atomic E-state index is 12.5. The normalized spacial score (nSPS) is 11.1. The Morgan fingerprint density at radius 1 is 1.26 bits per heavy atom. The fraction of sp³-hybridized carbons (Fsp3) is 0.238. The summed E-state index contributed by atoms with van der Waals surface area (Å²) in [6.45, 7) is 5.46. The Labute approximate surface area is 197 Å². The molecule has 0 spiro atoms. The predicted octanol–water partition coefficient (Wildman–Crippen LogP) is 6.25. The Kier molecular flexibility index (Phi) is 6.47. The Balaban J connectivity index is 1.55. The fourth-order valence-electron chi connectivity index (χ4n) is 3.24. The van der Waals surface area contributed by atoms with Crippen LogP contribution in [-0.4, -0.2) is 25.7 Å². The van der Waals surface area contributed by atoms with Gasteiger partial charge in [0.1, 0.15) is 0 Å². The van der Waals surface area contributed by atoms with Crippen LogP contribution in [0.5, 0.6) is 0 Å². The van der Waals surface area contributed by atoms with Gasteiger partial charge in [-0.2, -0.15) is 0 Å². The predicted molar refractivity (Wildman–Crippen MR) is 130 cm³/mol. The number of thiazole rings is 1. The quantitative estimate of drug-likeness (QED) is 0.299. The third-order valence-corrected chi connectivity index (χ3v) is 7.68. The van der Waals surface area contributed by atoms with Gasteiger partial charge in [0.25, 0.3) is 0 Å². The number of aryl methyl sites for hydroxylation is 2. The molecule has 0 aliphatic rings. The third kappa shape index (κ3) is 4.55.